The van der Waals surface area contributed by atoms with E-state index < -0.39 is 47.2 Å². The second-order valence-corrected chi connectivity index (χ2v) is 20.3. The molecule has 0 aliphatic rings. The molecule has 1 unspecified atom stereocenters. The van der Waals surface area contributed by atoms with Crippen molar-refractivity contribution in [1.82, 2.24) is 24.6 Å². The molecule has 0 fully saturated rings. The standard InChI is InChI=1S/C42H43FN10O9S2/c1-24-9-20-33(34(21-24)53(55)56)51-40(54)30(37(62-51)42(5,6)7)23-61-28-16-14-27(15-17-28)50-64(59,60)29-18-19-32(31(43)22-29)45-46-35-36(41(2,3)4)47-52-39(35)44-38(48-52)25-10-12-26(13-11-25)49-63(8,57)58/h9-22,47,50H,23H2,1-8H3,(H,49,57,58). The summed E-state index contributed by atoms with van der Waals surface area (Å²) in [5.41, 5.74) is 0.573. The number of nitro benzene ring substituents is 1. The molecule has 0 bridgehead atoms. The Balaban J connectivity index is 1.07. The van der Waals surface area contributed by atoms with Crippen LogP contribution in [-0.2, 0) is 37.5 Å². The molecule has 3 aromatic heterocycles. The van der Waals surface area contributed by atoms with Crippen LogP contribution in [0.1, 0.15) is 64.1 Å². The van der Waals surface area contributed by atoms with Gasteiger partial charge < -0.3 is 13.8 Å². The van der Waals surface area contributed by atoms with Crippen LogP contribution in [0.4, 0.5) is 32.8 Å². The van der Waals surface area contributed by atoms with Gasteiger partial charge in [-0.1, -0.05) is 47.6 Å². The number of nitro groups is 1. The van der Waals surface area contributed by atoms with Crippen molar-refractivity contribution in [3.8, 4) is 22.8 Å². The highest BCUT2D eigenvalue weighted by Crippen LogP contribution is 2.37. The van der Waals surface area contributed by atoms with Crippen LogP contribution in [0, 0.1) is 22.9 Å². The van der Waals surface area contributed by atoms with Gasteiger partial charge in [-0.15, -0.1) is 20.1 Å². The Morgan fingerprint density at radius 1 is 0.953 bits per heavy atom. The summed E-state index contributed by atoms with van der Waals surface area (Å²) in [6.07, 6.45) is 1.10. The van der Waals surface area contributed by atoms with E-state index in [0.717, 1.165) is 17.1 Å². The number of rotatable bonds is 12. The van der Waals surface area contributed by atoms with E-state index in [1.807, 2.05) is 41.5 Å². The molecule has 19 nitrogen and oxygen atoms in total. The molecule has 4 aromatic carbocycles. The van der Waals surface area contributed by atoms with Gasteiger partial charge in [-0.05, 0) is 85.3 Å². The van der Waals surface area contributed by atoms with Crippen molar-refractivity contribution in [3.05, 3.63) is 134 Å². The number of azo groups is 1. The normalized spacial score (nSPS) is 13.3. The number of nitrogens with zero attached hydrogens (tertiary/aromatic N) is 8. The maximum Gasteiger partial charge on any atom is 0.296 e. The minimum absolute atomic E-state index is 0.0298. The summed E-state index contributed by atoms with van der Waals surface area (Å²) >= 11 is 0. The maximum absolute atomic E-state index is 15.5. The van der Waals surface area contributed by atoms with E-state index in [1.54, 1.807) is 37.3 Å². The van der Waals surface area contributed by atoms with Crippen LogP contribution in [0.2, 0.25) is 0 Å². The van der Waals surface area contributed by atoms with Gasteiger partial charge in [0.25, 0.3) is 21.3 Å². The number of sulfonamides is 1. The number of halogens is 1. The van der Waals surface area contributed by atoms with E-state index in [-0.39, 0.29) is 62.7 Å². The largest absolute Gasteiger partial charge is 0.489 e. The number of hydrogen-bond donors (Lipinski definition) is 3. The number of nitrogens with one attached hydrogen (secondary N) is 2. The number of aromatic nitrogens is 5. The fourth-order valence-corrected chi connectivity index (χ4v) is 8.07. The first-order valence-electron chi connectivity index (χ1n) is 19.4. The lowest BCUT2D eigenvalue weighted by Gasteiger charge is -2.16. The molecule has 0 spiro atoms. The van der Waals surface area contributed by atoms with Gasteiger partial charge >= 0.3 is 0 Å². The molecule has 3 heterocycles. The van der Waals surface area contributed by atoms with E-state index in [4.69, 9.17) is 9.26 Å². The van der Waals surface area contributed by atoms with Crippen LogP contribution in [0.3, 0.4) is 0 Å². The highest BCUT2D eigenvalue weighted by molar-refractivity contribution is 7.92. The van der Waals surface area contributed by atoms with E-state index >= 15 is 4.39 Å². The molecule has 0 aliphatic carbocycles. The number of anilines is 1. The Kier molecular flexibility index (Phi) is 11.7. The summed E-state index contributed by atoms with van der Waals surface area (Å²) in [7, 11) is -7.64. The van der Waals surface area contributed by atoms with Gasteiger partial charge in [0, 0.05) is 34.4 Å². The SMILES string of the molecule is Cc1ccc(-n2oc(C(C)(C)C)c(COc3ccc(NS(=O)(=O)c4ccc(N=Nc5c(C(C)(C)C)[nH]n6nc(-c7ccc(N=S(C)(=O)O)cc7)nc56)c(F)c4)cc3)c2=O)c([N+](=O)[O-])c1. The van der Waals surface area contributed by atoms with Crippen molar-refractivity contribution in [3.63, 3.8) is 0 Å². The first-order chi connectivity index (χ1) is 29.9. The monoisotopic (exact) mass is 914 g/mol. The lowest BCUT2D eigenvalue weighted by atomic mass is 9.91. The Bertz CT molecular complexity index is 3270. The highest BCUT2D eigenvalue weighted by Gasteiger charge is 2.31. The average molecular weight is 915 g/mol. The number of benzene rings is 4. The summed E-state index contributed by atoms with van der Waals surface area (Å²) < 4.78 is 83.8. The molecule has 3 N–H and O–H groups in total. The molecule has 0 radical (unpaired) electrons. The van der Waals surface area contributed by atoms with Gasteiger partial charge in [-0.25, -0.2) is 22.0 Å². The van der Waals surface area contributed by atoms with Gasteiger partial charge in [-0.2, -0.15) is 8.99 Å². The zero-order valence-corrected chi connectivity index (χ0v) is 37.4. The van der Waals surface area contributed by atoms with Gasteiger partial charge in [0.15, 0.2) is 38.8 Å². The van der Waals surface area contributed by atoms with Crippen molar-refractivity contribution in [2.75, 3.05) is 11.0 Å². The third-order valence-corrected chi connectivity index (χ3v) is 11.5. The Hall–Kier alpha value is -7.04. The maximum atomic E-state index is 15.5. The van der Waals surface area contributed by atoms with Crippen LogP contribution in [0.5, 0.6) is 5.75 Å². The number of hydrogen-bond acceptors (Lipinski definition) is 13. The molecule has 0 amide bonds. The third kappa shape index (κ3) is 9.62. The fourth-order valence-electron chi connectivity index (χ4n) is 6.48. The molecule has 7 aromatic rings. The van der Waals surface area contributed by atoms with E-state index in [2.05, 4.69) is 34.5 Å². The van der Waals surface area contributed by atoms with Crippen molar-refractivity contribution >= 4 is 54.1 Å². The second kappa shape index (κ2) is 16.6. The first-order valence-corrected chi connectivity index (χ1v) is 22.8. The molecule has 0 saturated heterocycles. The van der Waals surface area contributed by atoms with Crippen molar-refractivity contribution in [2.24, 2.45) is 14.6 Å². The van der Waals surface area contributed by atoms with Gasteiger partial charge in [-0.3, -0.25) is 24.7 Å². The molecule has 0 aliphatic heterocycles. The van der Waals surface area contributed by atoms with Crippen molar-refractivity contribution in [1.29, 1.82) is 0 Å². The molecule has 64 heavy (non-hydrogen) atoms. The average Bonchev–Trinajstić information content (AvgIpc) is 3.88. The minimum Gasteiger partial charge on any atom is -0.489 e. The molecule has 334 valence electrons. The predicted molar refractivity (Wildman–Crippen MR) is 237 cm³/mol. The van der Waals surface area contributed by atoms with Gasteiger partial charge in [0.1, 0.15) is 18.0 Å². The van der Waals surface area contributed by atoms with Crippen molar-refractivity contribution in [2.45, 2.75) is 70.8 Å². The summed E-state index contributed by atoms with van der Waals surface area (Å²) in [5, 5.41) is 27.9. The highest BCUT2D eigenvalue weighted by atomic mass is 32.2. The zero-order valence-electron chi connectivity index (χ0n) is 35.8. The number of fused-ring (bicyclic) bond motifs is 1. The smallest absolute Gasteiger partial charge is 0.296 e. The lowest BCUT2D eigenvalue weighted by Crippen LogP contribution is -2.20. The zero-order chi connectivity index (χ0) is 46.5. The van der Waals surface area contributed by atoms with Crippen LogP contribution in [0.25, 0.3) is 22.7 Å². The summed E-state index contributed by atoms with van der Waals surface area (Å²) in [5.74, 6) is -0.120. The fraction of sp³-hybridized carbons (Fsp3) is 0.262. The Labute approximate surface area is 366 Å². The van der Waals surface area contributed by atoms with Crippen molar-refractivity contribution < 1.29 is 35.8 Å². The molecule has 22 heteroatoms. The number of ether oxygens (including phenoxy) is 1. The summed E-state index contributed by atoms with van der Waals surface area (Å²) in [4.78, 5) is 29.1. The topological polar surface area (TPSA) is 254 Å². The van der Waals surface area contributed by atoms with Crippen LogP contribution < -0.4 is 15.0 Å². The quantitative estimate of drug-likeness (QED) is 0.0591. The predicted octanol–water partition coefficient (Wildman–Crippen LogP) is 9.42. The molecule has 7 rings (SSSR count). The number of H-pyrrole nitrogens is 1. The number of aromatic amines is 1. The molecule has 1 atom stereocenters. The molecular formula is C42H43FN10O9S2. The molecular weight excluding hydrogens is 872 g/mol. The minimum atomic E-state index is -4.30. The third-order valence-electron chi connectivity index (χ3n) is 9.53. The summed E-state index contributed by atoms with van der Waals surface area (Å²) in [6.45, 7) is 12.7. The lowest BCUT2D eigenvalue weighted by molar-refractivity contribution is -0.384. The van der Waals surface area contributed by atoms with Gasteiger partial charge in [0.05, 0.1) is 26.8 Å². The summed E-state index contributed by atoms with van der Waals surface area (Å²) in [6, 6.07) is 19.8. The second-order valence-electron chi connectivity index (χ2n) is 16.9. The van der Waals surface area contributed by atoms with Gasteiger partial charge in [0.2, 0.25) is 5.65 Å². The Morgan fingerprint density at radius 2 is 1.64 bits per heavy atom. The van der Waals surface area contributed by atoms with Crippen LogP contribution in [-0.4, -0.2) is 52.9 Å². The molecule has 0 saturated carbocycles. The number of aryl methyl sites for hydroxylation is 1. The van der Waals surface area contributed by atoms with E-state index in [0.29, 0.717) is 28.3 Å². The van der Waals surface area contributed by atoms with Crippen LogP contribution >= 0.6 is 0 Å². The van der Waals surface area contributed by atoms with Crippen LogP contribution in [0.15, 0.2) is 114 Å². The first kappa shape index (κ1) is 45.0. The Morgan fingerprint density at radius 3 is 2.25 bits per heavy atom. The van der Waals surface area contributed by atoms with E-state index in [9.17, 15) is 32.1 Å². The van der Waals surface area contributed by atoms with E-state index in [1.165, 1.54) is 53.2 Å².